The molecular formula is C28H27F2N3O. The molecule has 2 heterocycles. The minimum absolute atomic E-state index is 0.0712. The Kier molecular flexibility index (Phi) is 4.70. The number of halogens is 2. The Bertz CT molecular complexity index is 1380. The summed E-state index contributed by atoms with van der Waals surface area (Å²) in [6.45, 7) is 6.72. The lowest BCUT2D eigenvalue weighted by Gasteiger charge is -2.37. The third kappa shape index (κ3) is 3.35. The zero-order valence-electron chi connectivity index (χ0n) is 19.5. The van der Waals surface area contributed by atoms with Gasteiger partial charge in [-0.15, -0.1) is 0 Å². The average molecular weight is 460 g/mol. The third-order valence-electron chi connectivity index (χ3n) is 7.79. The largest absolute Gasteiger partial charge is 0.483 e. The standard InChI is InChI=1S/C28H27F2N3O/c1-17-27(24-10-6-21(30)15-26(24)32(17)18(2)28(3)12-13-28)34-23-9-11-25-19(14-23)16-31-33(25)22-7-4-20(29)5-8-22/h4-11,14-18,27H,12-13H2,1-3H3/t17?,18?,27-/m0/s1. The first-order valence-electron chi connectivity index (χ1n) is 11.8. The monoisotopic (exact) mass is 459 g/mol. The molecular weight excluding hydrogens is 432 g/mol. The molecule has 4 aromatic rings. The van der Waals surface area contributed by atoms with E-state index in [-0.39, 0.29) is 29.2 Å². The van der Waals surface area contributed by atoms with E-state index in [2.05, 4.69) is 30.8 Å². The van der Waals surface area contributed by atoms with Gasteiger partial charge in [0.15, 0.2) is 0 Å². The SMILES string of the molecule is CC1[C@H](Oc2ccc3c(cnn3-c3ccc(F)cc3)c2)c2ccc(F)cc2N1C(C)C1(C)CC1. The van der Waals surface area contributed by atoms with Crippen LogP contribution in [0, 0.1) is 17.0 Å². The molecule has 1 fully saturated rings. The molecule has 1 aliphatic carbocycles. The van der Waals surface area contributed by atoms with Gasteiger partial charge < -0.3 is 9.64 Å². The second-order valence-corrected chi connectivity index (χ2v) is 9.97. The highest BCUT2D eigenvalue weighted by molar-refractivity contribution is 5.81. The van der Waals surface area contributed by atoms with Gasteiger partial charge in [-0.1, -0.05) is 13.0 Å². The molecule has 174 valence electrons. The molecule has 6 rings (SSSR count). The fourth-order valence-corrected chi connectivity index (χ4v) is 5.30. The maximum absolute atomic E-state index is 14.2. The van der Waals surface area contributed by atoms with Gasteiger partial charge in [0.2, 0.25) is 0 Å². The van der Waals surface area contributed by atoms with E-state index in [4.69, 9.17) is 4.74 Å². The Morgan fingerprint density at radius 2 is 1.74 bits per heavy atom. The summed E-state index contributed by atoms with van der Waals surface area (Å²) >= 11 is 0. The lowest BCUT2D eigenvalue weighted by Crippen LogP contribution is -2.44. The van der Waals surface area contributed by atoms with Crippen molar-refractivity contribution in [2.45, 2.75) is 51.8 Å². The van der Waals surface area contributed by atoms with Crippen LogP contribution in [-0.2, 0) is 0 Å². The van der Waals surface area contributed by atoms with Crippen LogP contribution < -0.4 is 9.64 Å². The highest BCUT2D eigenvalue weighted by Crippen LogP contribution is 2.54. The summed E-state index contributed by atoms with van der Waals surface area (Å²) in [5.74, 6) is 0.241. The normalized spacial score (nSPS) is 21.5. The van der Waals surface area contributed by atoms with E-state index in [1.165, 1.54) is 31.0 Å². The summed E-state index contributed by atoms with van der Waals surface area (Å²) in [6, 6.07) is 17.6. The van der Waals surface area contributed by atoms with Gasteiger partial charge in [-0.05, 0) is 86.7 Å². The molecule has 1 saturated carbocycles. The molecule has 3 aromatic carbocycles. The minimum Gasteiger partial charge on any atom is -0.483 e. The number of nitrogens with zero attached hydrogens (tertiary/aromatic N) is 3. The van der Waals surface area contributed by atoms with Crippen LogP contribution in [0.5, 0.6) is 5.75 Å². The van der Waals surface area contributed by atoms with Crippen LogP contribution >= 0.6 is 0 Å². The van der Waals surface area contributed by atoms with Crippen LogP contribution in [0.3, 0.4) is 0 Å². The van der Waals surface area contributed by atoms with E-state index in [1.54, 1.807) is 29.1 Å². The van der Waals surface area contributed by atoms with Crippen molar-refractivity contribution in [2.75, 3.05) is 4.90 Å². The second-order valence-electron chi connectivity index (χ2n) is 9.97. The zero-order valence-corrected chi connectivity index (χ0v) is 19.5. The van der Waals surface area contributed by atoms with Gasteiger partial charge in [0.1, 0.15) is 23.5 Å². The maximum atomic E-state index is 14.2. The first-order valence-corrected chi connectivity index (χ1v) is 11.8. The van der Waals surface area contributed by atoms with Gasteiger partial charge in [0, 0.05) is 22.7 Å². The van der Waals surface area contributed by atoms with Crippen LogP contribution in [0.2, 0.25) is 0 Å². The predicted octanol–water partition coefficient (Wildman–Crippen LogP) is 6.82. The predicted molar refractivity (Wildman–Crippen MR) is 130 cm³/mol. The van der Waals surface area contributed by atoms with Crippen molar-refractivity contribution in [3.8, 4) is 11.4 Å². The van der Waals surface area contributed by atoms with Crippen molar-refractivity contribution in [1.29, 1.82) is 0 Å². The number of hydrogen-bond donors (Lipinski definition) is 0. The summed E-state index contributed by atoms with van der Waals surface area (Å²) < 4.78 is 35.9. The molecule has 1 aliphatic heterocycles. The number of hydrogen-bond acceptors (Lipinski definition) is 3. The highest BCUT2D eigenvalue weighted by Gasteiger charge is 2.50. The van der Waals surface area contributed by atoms with Gasteiger partial charge in [-0.3, -0.25) is 0 Å². The third-order valence-corrected chi connectivity index (χ3v) is 7.79. The van der Waals surface area contributed by atoms with Crippen molar-refractivity contribution in [1.82, 2.24) is 9.78 Å². The lowest BCUT2D eigenvalue weighted by molar-refractivity contribution is 0.181. The van der Waals surface area contributed by atoms with Crippen molar-refractivity contribution < 1.29 is 13.5 Å². The Labute approximate surface area is 197 Å². The van der Waals surface area contributed by atoms with E-state index >= 15 is 0 Å². The molecule has 0 radical (unpaired) electrons. The van der Waals surface area contributed by atoms with E-state index in [9.17, 15) is 8.78 Å². The van der Waals surface area contributed by atoms with E-state index in [0.29, 0.717) is 6.04 Å². The molecule has 2 aliphatic rings. The fourth-order valence-electron chi connectivity index (χ4n) is 5.30. The van der Waals surface area contributed by atoms with Crippen molar-refractivity contribution in [3.63, 3.8) is 0 Å². The highest BCUT2D eigenvalue weighted by atomic mass is 19.1. The number of aromatic nitrogens is 2. The molecule has 0 spiro atoms. The molecule has 34 heavy (non-hydrogen) atoms. The minimum atomic E-state index is -0.277. The molecule has 0 bridgehead atoms. The molecule has 4 nitrogen and oxygen atoms in total. The van der Waals surface area contributed by atoms with Gasteiger partial charge >= 0.3 is 0 Å². The van der Waals surface area contributed by atoms with Gasteiger partial charge in [0.25, 0.3) is 0 Å². The Morgan fingerprint density at radius 3 is 2.47 bits per heavy atom. The number of benzene rings is 3. The molecule has 1 aromatic heterocycles. The topological polar surface area (TPSA) is 30.3 Å². The number of anilines is 1. The first kappa shape index (κ1) is 21.1. The lowest BCUT2D eigenvalue weighted by atomic mass is 9.98. The fraction of sp³-hybridized carbons (Fsp3) is 0.321. The van der Waals surface area contributed by atoms with E-state index in [1.807, 2.05) is 24.3 Å². The molecule has 0 amide bonds. The quantitative estimate of drug-likeness (QED) is 0.328. The average Bonchev–Trinajstić information content (AvgIpc) is 3.35. The van der Waals surface area contributed by atoms with Crippen LogP contribution in [0.4, 0.5) is 14.5 Å². The van der Waals surface area contributed by atoms with E-state index < -0.39 is 0 Å². The first-order chi connectivity index (χ1) is 16.3. The zero-order chi connectivity index (χ0) is 23.6. The van der Waals surface area contributed by atoms with Gasteiger partial charge in [-0.25, -0.2) is 13.5 Å². The Morgan fingerprint density at radius 1 is 1.00 bits per heavy atom. The summed E-state index contributed by atoms with van der Waals surface area (Å²) in [4.78, 5) is 2.35. The van der Waals surface area contributed by atoms with Crippen LogP contribution in [0.15, 0.2) is 66.9 Å². The number of ether oxygens (including phenoxy) is 1. The van der Waals surface area contributed by atoms with Gasteiger partial charge in [0.05, 0.1) is 23.4 Å². The van der Waals surface area contributed by atoms with E-state index in [0.717, 1.165) is 33.6 Å². The molecule has 6 heteroatoms. The summed E-state index contributed by atoms with van der Waals surface area (Å²) in [7, 11) is 0. The van der Waals surface area contributed by atoms with Crippen LogP contribution in [-0.4, -0.2) is 21.9 Å². The van der Waals surface area contributed by atoms with Crippen molar-refractivity contribution in [3.05, 3.63) is 84.1 Å². The summed E-state index contributed by atoms with van der Waals surface area (Å²) in [5.41, 5.74) is 3.93. The summed E-state index contributed by atoms with van der Waals surface area (Å²) in [5, 5.41) is 5.42. The molecule has 2 unspecified atom stereocenters. The van der Waals surface area contributed by atoms with Crippen molar-refractivity contribution in [2.24, 2.45) is 5.41 Å². The Balaban J connectivity index is 1.32. The van der Waals surface area contributed by atoms with Crippen LogP contribution in [0.25, 0.3) is 16.6 Å². The molecule has 3 atom stereocenters. The molecule has 0 saturated heterocycles. The second kappa shape index (κ2) is 7.55. The smallest absolute Gasteiger partial charge is 0.146 e. The Hall–Kier alpha value is -3.41. The molecule has 0 N–H and O–H groups in total. The summed E-state index contributed by atoms with van der Waals surface area (Å²) in [6.07, 6.45) is 3.98. The number of fused-ring (bicyclic) bond motifs is 2. The van der Waals surface area contributed by atoms with Crippen LogP contribution in [0.1, 0.15) is 45.3 Å². The maximum Gasteiger partial charge on any atom is 0.146 e. The van der Waals surface area contributed by atoms with Gasteiger partial charge in [-0.2, -0.15) is 5.10 Å². The van der Waals surface area contributed by atoms with Crippen molar-refractivity contribution >= 4 is 16.6 Å². The number of rotatable bonds is 5.